The van der Waals surface area contributed by atoms with Crippen LogP contribution >= 0.6 is 8.38 Å². The SMILES string of the molecule is CC[C@]12O[CH-][C@H](O[C@H]1C)[C@@H]2O.C[C@@H]1O[C@H]2[CH-]O[C@]1(CO)[C@H]2O.C[C@@H]1O[C@H]2[CH-]O[C@]1(CO[Si](c1ccccc1)(c1ccccc1)C(C)(C)C)[C@H]2O.[C-]#[N+]CCOP(C)O[C@H]1[C@@H]2[CH-]O[C@@]1(CC)[C@H](C)O2.[U].[U].[U].[U]. The second-order valence-corrected chi connectivity index (χ2v) is 25.3. The molecular weight excluding hydrogens is 1870 g/mol. The van der Waals surface area contributed by atoms with Gasteiger partial charge in [-0.15, -0.1) is 0 Å². The molecule has 396 valence electrons. The molecule has 10 rings (SSSR count). The molecule has 8 aliphatic heterocycles. The van der Waals surface area contributed by atoms with Crippen LogP contribution in [0.3, 0.4) is 0 Å². The van der Waals surface area contributed by atoms with Gasteiger partial charge in [-0.05, 0) is 80.4 Å². The minimum absolute atomic E-state index is 0. The van der Waals surface area contributed by atoms with Gasteiger partial charge < -0.3 is 76.6 Å². The predicted molar refractivity (Wildman–Crippen MR) is 254 cm³/mol. The largest absolute Gasteiger partial charge is 0.541 e. The molecule has 16 nitrogen and oxygen atoms in total. The summed E-state index contributed by atoms with van der Waals surface area (Å²) >= 11 is 0. The zero-order valence-corrected chi connectivity index (χ0v) is 61.5. The van der Waals surface area contributed by atoms with Gasteiger partial charge in [0.05, 0.1) is 73.2 Å². The molecule has 8 aliphatic rings. The van der Waals surface area contributed by atoms with Crippen molar-refractivity contribution in [3.05, 3.63) is 98.5 Å². The molecule has 8 bridgehead atoms. The first-order valence-corrected chi connectivity index (χ1v) is 27.3. The Bertz CT molecular complexity index is 1930. The van der Waals surface area contributed by atoms with E-state index in [0.717, 1.165) is 12.8 Å². The first-order chi connectivity index (χ1) is 32.4. The number of nitrogens with zero attached hydrogens (tertiary/aromatic N) is 1. The Labute approximate surface area is 524 Å². The molecule has 72 heavy (non-hydrogen) atoms. The molecule has 0 aliphatic carbocycles. The molecule has 4 N–H and O–H groups in total. The fraction of sp³-hybridized carbons (Fsp3) is 0.660. The Morgan fingerprint density at radius 2 is 1.03 bits per heavy atom. The number of fused-ring (bicyclic) bond motifs is 8. The van der Waals surface area contributed by atoms with E-state index in [1.54, 1.807) is 26.7 Å². The third-order valence-corrected chi connectivity index (χ3v) is 21.2. The summed E-state index contributed by atoms with van der Waals surface area (Å²) < 4.78 is 63.1. The van der Waals surface area contributed by atoms with E-state index in [9.17, 15) is 15.3 Å². The van der Waals surface area contributed by atoms with E-state index in [-0.39, 0.29) is 203 Å². The molecule has 0 aromatic heterocycles. The van der Waals surface area contributed by atoms with Crippen LogP contribution in [0.25, 0.3) is 4.85 Å². The quantitative estimate of drug-likeness (QED) is 0.0947. The second kappa shape index (κ2) is 28.7. The van der Waals surface area contributed by atoms with E-state index in [1.165, 1.54) is 17.0 Å². The average molecular weight is 1940 g/mol. The van der Waals surface area contributed by atoms with Gasteiger partial charge in [0.1, 0.15) is 17.8 Å². The number of rotatable bonds is 13. The van der Waals surface area contributed by atoms with Crippen LogP contribution in [0.4, 0.5) is 0 Å². The summed E-state index contributed by atoms with van der Waals surface area (Å²) in [4.78, 5) is 3.25. The molecule has 0 radical (unpaired) electrons. The Balaban J connectivity index is 0.000000268. The Morgan fingerprint density at radius 3 is 1.36 bits per heavy atom. The van der Waals surface area contributed by atoms with Crippen molar-refractivity contribution >= 4 is 27.1 Å². The van der Waals surface area contributed by atoms with Crippen molar-refractivity contribution in [2.75, 3.05) is 33.0 Å². The standard InChI is InChI=1S/C23H29O4Si.C12H19NO4P.C8H13O3.C7H11O4.4U/c1-17-23(21(24)20(27-17)15-25-23)16-26-28(22(2,3)4,18-11-7-5-8-12-18)19-13-9-6-10-14-19;1-5-12-9(2)16-10(8-14-12)11(12)17-18(4)15-7-6-13-3;1-3-8-5(2)11-6(4-10-8)7(8)9;1-4-7(3-8)6(9)5(11-4)2-10-7;;;;/h5-15,17,20-21,24H,16H2,1-4H3;8-11H,5-7H2,1-2,4H3;4-7,9H,3H2,1-2H3;2,4-6,8-9H,3H2,1H3;;;;/q4*-1;;;;/t17-,20-,21-,23-;9-,10-,11-,12-,18?;5-,6-,7-,8-;4-,5-,6-,7-;;;;/m0000..../s1. The minimum atomic E-state index is -2.68. The first-order valence-electron chi connectivity index (χ1n) is 23.8. The predicted octanol–water partition coefficient (Wildman–Crippen LogP) is 4.55. The van der Waals surface area contributed by atoms with Gasteiger partial charge in [-0.2, -0.15) is 26.4 Å². The molecule has 8 heterocycles. The maximum atomic E-state index is 10.7. The van der Waals surface area contributed by atoms with Crippen molar-refractivity contribution in [1.82, 2.24) is 0 Å². The third-order valence-electron chi connectivity index (χ3n) is 15.1. The Morgan fingerprint density at radius 1 is 0.639 bits per heavy atom. The van der Waals surface area contributed by atoms with Crippen molar-refractivity contribution in [1.29, 1.82) is 0 Å². The molecule has 8 fully saturated rings. The summed E-state index contributed by atoms with van der Waals surface area (Å²) in [5.41, 5.74) is -2.57. The van der Waals surface area contributed by atoms with Crippen molar-refractivity contribution in [3.8, 4) is 0 Å². The van der Waals surface area contributed by atoms with E-state index in [1.807, 2.05) is 46.5 Å². The minimum Gasteiger partial charge on any atom is -0.541 e. The van der Waals surface area contributed by atoms with Gasteiger partial charge in [0.25, 0.3) is 8.32 Å². The van der Waals surface area contributed by atoms with Gasteiger partial charge in [-0.1, -0.05) is 95.3 Å². The van der Waals surface area contributed by atoms with Gasteiger partial charge in [-0.25, -0.2) is 6.57 Å². The number of hydrogen-bond acceptors (Lipinski definition) is 15. The Hall–Kier alpha value is 2.18. The summed E-state index contributed by atoms with van der Waals surface area (Å²) in [5.74, 6) is 0. The normalized spacial score (nSPS) is 38.5. The molecule has 0 saturated carbocycles. The third kappa shape index (κ3) is 12.9. The van der Waals surface area contributed by atoms with E-state index >= 15 is 0 Å². The first kappa shape index (κ1) is 68.5. The van der Waals surface area contributed by atoms with Crippen LogP contribution in [0.15, 0.2) is 60.7 Å². The second-order valence-electron chi connectivity index (χ2n) is 19.6. The molecular formula is C50H72NO15PSiU4-4. The molecule has 22 heteroatoms. The molecule has 8 saturated heterocycles. The van der Waals surface area contributed by atoms with E-state index < -0.39 is 51.8 Å². The van der Waals surface area contributed by atoms with E-state index in [4.69, 9.17) is 63.0 Å². The Kier molecular flexibility index (Phi) is 27.3. The topological polar surface area (TPSA) is 187 Å². The summed E-state index contributed by atoms with van der Waals surface area (Å²) in [5, 5.41) is 41.2. The monoisotopic (exact) mass is 1940 g/mol. The summed E-state index contributed by atoms with van der Waals surface area (Å²) in [6.45, 7) is 34.4. The van der Waals surface area contributed by atoms with Crippen molar-refractivity contribution in [2.24, 2.45) is 0 Å². The zero-order chi connectivity index (χ0) is 49.3. The van der Waals surface area contributed by atoms with Crippen molar-refractivity contribution < 1.29 is 196 Å². The van der Waals surface area contributed by atoms with Gasteiger partial charge in [0, 0.05) is 131 Å². The molecule has 0 amide bonds. The molecule has 2 aromatic rings. The smallest absolute Gasteiger partial charge is 0.261 e. The van der Waals surface area contributed by atoms with Crippen molar-refractivity contribution in [3.63, 3.8) is 0 Å². The number of aliphatic hydroxyl groups excluding tert-OH is 4. The van der Waals surface area contributed by atoms with Gasteiger partial charge >= 0.3 is 0 Å². The van der Waals surface area contributed by atoms with E-state index in [0.29, 0.717) is 13.2 Å². The number of hydrogen-bond donors (Lipinski definition) is 4. The van der Waals surface area contributed by atoms with Crippen LogP contribution in [0.2, 0.25) is 5.04 Å². The molecule has 17 atom stereocenters. The van der Waals surface area contributed by atoms with Gasteiger partial charge in [-0.3, -0.25) is 0 Å². The van der Waals surface area contributed by atoms with Crippen LogP contribution in [0, 0.1) is 157 Å². The maximum Gasteiger partial charge on any atom is 0.261 e. The summed E-state index contributed by atoms with van der Waals surface area (Å²) in [6, 6.07) is 21.0. The van der Waals surface area contributed by atoms with Crippen LogP contribution < -0.4 is 10.4 Å². The van der Waals surface area contributed by atoms with Crippen LogP contribution in [-0.2, 0) is 51.4 Å². The van der Waals surface area contributed by atoms with Crippen LogP contribution in [-0.4, -0.2) is 157 Å². The zero-order valence-electron chi connectivity index (χ0n) is 42.9. The van der Waals surface area contributed by atoms with Crippen LogP contribution in [0.1, 0.15) is 75.2 Å². The summed E-state index contributed by atoms with van der Waals surface area (Å²) in [6.07, 6.45) is -1.82. The summed E-state index contributed by atoms with van der Waals surface area (Å²) in [7, 11) is -3.68. The fourth-order valence-electron chi connectivity index (χ4n) is 10.8. The number of benzene rings is 2. The maximum absolute atomic E-state index is 10.7. The molecule has 0 spiro atoms. The van der Waals surface area contributed by atoms with Gasteiger partial charge in [0.15, 0.2) is 8.38 Å². The van der Waals surface area contributed by atoms with E-state index in [2.05, 4.69) is 81.1 Å². The van der Waals surface area contributed by atoms with Gasteiger partial charge in [0.2, 0.25) is 6.54 Å². The molecule has 2 aromatic carbocycles. The van der Waals surface area contributed by atoms with Crippen LogP contribution in [0.5, 0.6) is 0 Å². The number of aliphatic hydroxyl groups is 4. The van der Waals surface area contributed by atoms with Crippen molar-refractivity contribution in [2.45, 2.75) is 176 Å². The fourth-order valence-corrected chi connectivity index (χ4v) is 16.4. The molecule has 1 unspecified atom stereocenters. The number of ether oxygens (including phenoxy) is 8. The average Bonchev–Trinajstić information content (AvgIpc) is 4.20.